The highest BCUT2D eigenvalue weighted by Crippen LogP contribution is 2.21. The SMILES string of the molecule is CCO[Si](CCCCC(C)OCC1CO1)(OCC)OCC. The third-order valence-corrected chi connectivity index (χ3v) is 6.56. The van der Waals surface area contributed by atoms with E-state index in [1.165, 1.54) is 0 Å². The van der Waals surface area contributed by atoms with Gasteiger partial charge in [0.15, 0.2) is 0 Å². The van der Waals surface area contributed by atoms with Crippen LogP contribution in [0, 0.1) is 0 Å². The minimum Gasteiger partial charge on any atom is -0.376 e. The molecule has 0 radical (unpaired) electrons. The first-order chi connectivity index (χ1) is 10.2. The molecule has 126 valence electrons. The molecule has 0 saturated carbocycles. The van der Waals surface area contributed by atoms with Crippen molar-refractivity contribution in [3.05, 3.63) is 0 Å². The highest BCUT2D eigenvalue weighted by atomic mass is 28.4. The van der Waals surface area contributed by atoms with Crippen molar-refractivity contribution in [2.75, 3.05) is 33.0 Å². The highest BCUT2D eigenvalue weighted by Gasteiger charge is 2.39. The van der Waals surface area contributed by atoms with Crippen molar-refractivity contribution in [3.63, 3.8) is 0 Å². The summed E-state index contributed by atoms with van der Waals surface area (Å²) < 4.78 is 28.4. The van der Waals surface area contributed by atoms with Crippen molar-refractivity contribution in [1.82, 2.24) is 0 Å². The average Bonchev–Trinajstić information content (AvgIpc) is 3.26. The van der Waals surface area contributed by atoms with Crippen LogP contribution in [0.4, 0.5) is 0 Å². The fraction of sp³-hybridized carbons (Fsp3) is 1.00. The lowest BCUT2D eigenvalue weighted by Gasteiger charge is -2.28. The Morgan fingerprint density at radius 1 is 1.05 bits per heavy atom. The summed E-state index contributed by atoms with van der Waals surface area (Å²) in [5.41, 5.74) is 0. The maximum atomic E-state index is 5.85. The second-order valence-electron chi connectivity index (χ2n) is 5.33. The Balaban J connectivity index is 2.20. The van der Waals surface area contributed by atoms with E-state index in [1.54, 1.807) is 0 Å². The highest BCUT2D eigenvalue weighted by molar-refractivity contribution is 6.60. The molecule has 0 amide bonds. The maximum absolute atomic E-state index is 5.85. The van der Waals surface area contributed by atoms with E-state index in [1.807, 2.05) is 20.8 Å². The lowest BCUT2D eigenvalue weighted by Crippen LogP contribution is -2.45. The van der Waals surface area contributed by atoms with Gasteiger partial charge in [-0.1, -0.05) is 6.42 Å². The fourth-order valence-corrected chi connectivity index (χ4v) is 4.98. The van der Waals surface area contributed by atoms with Gasteiger partial charge in [0.05, 0.1) is 19.3 Å². The second kappa shape index (κ2) is 10.7. The van der Waals surface area contributed by atoms with Crippen LogP contribution in [0.15, 0.2) is 0 Å². The Morgan fingerprint density at radius 3 is 2.10 bits per heavy atom. The minimum atomic E-state index is -2.45. The van der Waals surface area contributed by atoms with Crippen LogP contribution in [0.25, 0.3) is 0 Å². The number of hydrogen-bond donors (Lipinski definition) is 0. The molecule has 1 heterocycles. The van der Waals surface area contributed by atoms with Gasteiger partial charge in [0.25, 0.3) is 0 Å². The van der Waals surface area contributed by atoms with Crippen LogP contribution >= 0.6 is 0 Å². The van der Waals surface area contributed by atoms with Crippen LogP contribution < -0.4 is 0 Å². The molecule has 5 nitrogen and oxygen atoms in total. The first kappa shape index (κ1) is 19.1. The van der Waals surface area contributed by atoms with Crippen LogP contribution in [-0.2, 0) is 22.8 Å². The van der Waals surface area contributed by atoms with Crippen molar-refractivity contribution in [1.29, 1.82) is 0 Å². The smallest absolute Gasteiger partial charge is 0.376 e. The van der Waals surface area contributed by atoms with E-state index >= 15 is 0 Å². The number of epoxide rings is 1. The first-order valence-corrected chi connectivity index (χ1v) is 10.2. The van der Waals surface area contributed by atoms with Crippen LogP contribution in [0.1, 0.15) is 47.0 Å². The van der Waals surface area contributed by atoms with Crippen molar-refractivity contribution < 1.29 is 22.8 Å². The largest absolute Gasteiger partial charge is 0.500 e. The monoisotopic (exact) mass is 320 g/mol. The normalized spacial score (nSPS) is 19.7. The fourth-order valence-electron chi connectivity index (χ4n) is 2.29. The Bertz CT molecular complexity index is 243. The Hall–Kier alpha value is 0.0169. The standard InChI is InChI=1S/C15H32O5Si/c1-5-18-21(19-6-2,20-7-3)11-9-8-10-14(4)16-12-15-13-17-15/h14-15H,5-13H2,1-4H3. The second-order valence-corrected chi connectivity index (χ2v) is 8.06. The molecule has 1 aliphatic rings. The summed E-state index contributed by atoms with van der Waals surface area (Å²) in [6, 6.07) is 0.890. The minimum absolute atomic E-state index is 0.288. The van der Waals surface area contributed by atoms with E-state index in [2.05, 4.69) is 6.92 Å². The molecule has 0 N–H and O–H groups in total. The predicted octanol–water partition coefficient (Wildman–Crippen LogP) is 3.01. The van der Waals surface area contributed by atoms with Crippen molar-refractivity contribution in [2.45, 2.75) is 65.2 Å². The summed E-state index contributed by atoms with van der Waals surface area (Å²) >= 11 is 0. The van der Waals surface area contributed by atoms with Crippen LogP contribution in [-0.4, -0.2) is 54.0 Å². The van der Waals surface area contributed by atoms with E-state index < -0.39 is 8.80 Å². The molecule has 1 rings (SSSR count). The van der Waals surface area contributed by atoms with Gasteiger partial charge in [0, 0.05) is 25.9 Å². The Kier molecular flexibility index (Phi) is 9.71. The van der Waals surface area contributed by atoms with Gasteiger partial charge < -0.3 is 22.8 Å². The summed E-state index contributed by atoms with van der Waals surface area (Å²) in [4.78, 5) is 0. The molecule has 0 aromatic heterocycles. The van der Waals surface area contributed by atoms with Gasteiger partial charge in [-0.2, -0.15) is 0 Å². The van der Waals surface area contributed by atoms with Crippen LogP contribution in [0.5, 0.6) is 0 Å². The molecule has 0 aromatic carbocycles. The molecule has 21 heavy (non-hydrogen) atoms. The van der Waals surface area contributed by atoms with E-state index in [0.717, 1.165) is 38.5 Å². The van der Waals surface area contributed by atoms with Gasteiger partial charge in [0.1, 0.15) is 6.10 Å². The number of rotatable bonds is 14. The third-order valence-electron chi connectivity index (χ3n) is 3.41. The molecule has 1 fully saturated rings. The zero-order valence-electron chi connectivity index (χ0n) is 14.1. The molecular weight excluding hydrogens is 288 g/mol. The predicted molar refractivity (Wildman–Crippen MR) is 84.4 cm³/mol. The van der Waals surface area contributed by atoms with E-state index in [9.17, 15) is 0 Å². The summed E-state index contributed by atoms with van der Waals surface area (Å²) in [6.45, 7) is 11.6. The van der Waals surface area contributed by atoms with Crippen LogP contribution in [0.3, 0.4) is 0 Å². The third kappa shape index (κ3) is 8.28. The van der Waals surface area contributed by atoms with E-state index in [-0.39, 0.29) is 6.10 Å². The molecule has 1 saturated heterocycles. The van der Waals surface area contributed by atoms with E-state index in [0.29, 0.717) is 25.9 Å². The van der Waals surface area contributed by atoms with Crippen molar-refractivity contribution in [3.8, 4) is 0 Å². The van der Waals surface area contributed by atoms with Crippen molar-refractivity contribution >= 4 is 8.80 Å². The number of ether oxygens (including phenoxy) is 2. The average molecular weight is 321 g/mol. The van der Waals surface area contributed by atoms with Gasteiger partial charge in [-0.15, -0.1) is 0 Å². The Labute approximate surface area is 130 Å². The first-order valence-electron chi connectivity index (χ1n) is 8.30. The topological polar surface area (TPSA) is 49.5 Å². The zero-order valence-corrected chi connectivity index (χ0v) is 15.1. The van der Waals surface area contributed by atoms with Crippen LogP contribution in [0.2, 0.25) is 6.04 Å². The summed E-state index contributed by atoms with van der Waals surface area (Å²) in [5, 5.41) is 0. The quantitative estimate of drug-likeness (QED) is 0.280. The van der Waals surface area contributed by atoms with Gasteiger partial charge in [0.2, 0.25) is 0 Å². The molecule has 0 aliphatic carbocycles. The summed E-state index contributed by atoms with van der Waals surface area (Å²) in [6.07, 6.45) is 3.86. The van der Waals surface area contributed by atoms with Crippen molar-refractivity contribution in [2.24, 2.45) is 0 Å². The van der Waals surface area contributed by atoms with Gasteiger partial charge >= 0.3 is 8.80 Å². The lowest BCUT2D eigenvalue weighted by molar-refractivity contribution is 0.0465. The zero-order chi connectivity index (χ0) is 15.6. The van der Waals surface area contributed by atoms with Gasteiger partial charge in [-0.25, -0.2) is 0 Å². The number of hydrogen-bond acceptors (Lipinski definition) is 5. The summed E-state index contributed by atoms with van der Waals surface area (Å²) in [7, 11) is -2.45. The molecule has 0 spiro atoms. The molecule has 0 bridgehead atoms. The van der Waals surface area contributed by atoms with Gasteiger partial charge in [-0.05, 0) is 40.5 Å². The molecule has 2 unspecified atom stereocenters. The number of unbranched alkanes of at least 4 members (excludes halogenated alkanes) is 1. The van der Waals surface area contributed by atoms with E-state index in [4.69, 9.17) is 22.8 Å². The molecular formula is C15H32O5Si. The molecule has 0 aromatic rings. The molecule has 2 atom stereocenters. The van der Waals surface area contributed by atoms with Gasteiger partial charge in [-0.3, -0.25) is 0 Å². The maximum Gasteiger partial charge on any atom is 0.500 e. The lowest BCUT2D eigenvalue weighted by atomic mass is 10.2. The Morgan fingerprint density at radius 2 is 1.62 bits per heavy atom. The summed E-state index contributed by atoms with van der Waals surface area (Å²) in [5.74, 6) is 0. The molecule has 6 heteroatoms. The molecule has 1 aliphatic heterocycles.